The quantitative estimate of drug-likeness (QED) is 0.832. The standard InChI is InChI=1S/C21H29N3O2S/c1-4-23-17-13-9-8-12-16(17)21(18(23)25)24(14-20(2,3)27-21)19(26)22-15-10-6-5-7-11-15/h8-9,12-13,15H,4-7,10-11,14H2,1-3H3,(H,22,26). The third-order valence-corrected chi connectivity index (χ3v) is 7.52. The Balaban J connectivity index is 1.73. The fourth-order valence-corrected chi connectivity index (χ4v) is 6.50. The molecule has 1 aromatic rings. The molecule has 2 aliphatic heterocycles. The van der Waals surface area contributed by atoms with Gasteiger partial charge in [-0.2, -0.15) is 0 Å². The number of thioether (sulfide) groups is 1. The molecule has 1 saturated heterocycles. The molecule has 1 N–H and O–H groups in total. The number of carbonyl (C=O) groups excluding carboxylic acids is 2. The lowest BCUT2D eigenvalue weighted by Gasteiger charge is -2.34. The number of anilines is 1. The van der Waals surface area contributed by atoms with Crippen LogP contribution in [-0.2, 0) is 9.67 Å². The Labute approximate surface area is 165 Å². The molecular weight excluding hydrogens is 358 g/mol. The zero-order valence-electron chi connectivity index (χ0n) is 16.5. The Morgan fingerprint density at radius 3 is 2.63 bits per heavy atom. The molecule has 27 heavy (non-hydrogen) atoms. The molecule has 5 nitrogen and oxygen atoms in total. The van der Waals surface area contributed by atoms with E-state index >= 15 is 0 Å². The van der Waals surface area contributed by atoms with Crippen LogP contribution >= 0.6 is 11.8 Å². The van der Waals surface area contributed by atoms with E-state index < -0.39 is 4.87 Å². The van der Waals surface area contributed by atoms with Crippen molar-refractivity contribution in [3.05, 3.63) is 29.8 Å². The van der Waals surface area contributed by atoms with Crippen LogP contribution in [0.15, 0.2) is 24.3 Å². The zero-order chi connectivity index (χ0) is 19.2. The number of likely N-dealkylation sites (N-methyl/N-ethyl adjacent to an activating group) is 1. The van der Waals surface area contributed by atoms with Gasteiger partial charge < -0.3 is 10.2 Å². The molecule has 4 rings (SSSR count). The Hall–Kier alpha value is -1.69. The van der Waals surface area contributed by atoms with Crippen LogP contribution in [0.2, 0.25) is 0 Å². The average molecular weight is 388 g/mol. The molecule has 2 fully saturated rings. The molecule has 0 aromatic heterocycles. The van der Waals surface area contributed by atoms with E-state index in [1.165, 1.54) is 19.3 Å². The largest absolute Gasteiger partial charge is 0.335 e. The first kappa shape index (κ1) is 18.7. The van der Waals surface area contributed by atoms with Crippen molar-refractivity contribution in [2.75, 3.05) is 18.0 Å². The highest BCUT2D eigenvalue weighted by molar-refractivity contribution is 8.02. The van der Waals surface area contributed by atoms with Crippen LogP contribution in [0.4, 0.5) is 10.5 Å². The van der Waals surface area contributed by atoms with Crippen LogP contribution in [-0.4, -0.2) is 40.7 Å². The Kier molecular flexibility index (Phi) is 4.65. The molecular formula is C21H29N3O2S. The normalized spacial score (nSPS) is 27.3. The van der Waals surface area contributed by atoms with Gasteiger partial charge in [0, 0.05) is 29.4 Å². The maximum absolute atomic E-state index is 13.6. The summed E-state index contributed by atoms with van der Waals surface area (Å²) in [4.78, 5) is 29.6. The van der Waals surface area contributed by atoms with E-state index in [4.69, 9.17) is 0 Å². The maximum atomic E-state index is 13.6. The van der Waals surface area contributed by atoms with Crippen molar-refractivity contribution >= 4 is 29.4 Å². The topological polar surface area (TPSA) is 52.7 Å². The number of para-hydroxylation sites is 1. The highest BCUT2D eigenvalue weighted by Crippen LogP contribution is 2.59. The summed E-state index contributed by atoms with van der Waals surface area (Å²) in [6.07, 6.45) is 5.66. The van der Waals surface area contributed by atoms with E-state index in [9.17, 15) is 9.59 Å². The molecule has 3 amide bonds. The van der Waals surface area contributed by atoms with Gasteiger partial charge in [-0.25, -0.2) is 4.79 Å². The van der Waals surface area contributed by atoms with Crippen molar-refractivity contribution in [2.45, 2.75) is 68.5 Å². The van der Waals surface area contributed by atoms with E-state index in [1.54, 1.807) is 11.8 Å². The van der Waals surface area contributed by atoms with E-state index in [0.29, 0.717) is 13.1 Å². The number of amides is 3. The Morgan fingerprint density at radius 1 is 1.22 bits per heavy atom. The van der Waals surface area contributed by atoms with Gasteiger partial charge in [0.2, 0.25) is 0 Å². The van der Waals surface area contributed by atoms with Gasteiger partial charge in [-0.1, -0.05) is 37.5 Å². The third-order valence-electron chi connectivity index (χ3n) is 5.93. The number of nitrogens with zero attached hydrogens (tertiary/aromatic N) is 2. The molecule has 146 valence electrons. The van der Waals surface area contributed by atoms with Crippen LogP contribution in [0.1, 0.15) is 58.4 Å². The minimum atomic E-state index is -0.950. The summed E-state index contributed by atoms with van der Waals surface area (Å²) in [6.45, 7) is 7.41. The zero-order valence-corrected chi connectivity index (χ0v) is 17.3. The van der Waals surface area contributed by atoms with Gasteiger partial charge in [0.25, 0.3) is 5.91 Å². The summed E-state index contributed by atoms with van der Waals surface area (Å²) in [7, 11) is 0. The van der Waals surface area contributed by atoms with Crippen molar-refractivity contribution in [1.82, 2.24) is 10.2 Å². The monoisotopic (exact) mass is 387 g/mol. The Morgan fingerprint density at radius 2 is 1.93 bits per heavy atom. The van der Waals surface area contributed by atoms with E-state index in [1.807, 2.05) is 41.0 Å². The van der Waals surface area contributed by atoms with Gasteiger partial charge in [0.05, 0.1) is 5.69 Å². The number of hydrogen-bond acceptors (Lipinski definition) is 3. The van der Waals surface area contributed by atoms with E-state index in [0.717, 1.165) is 24.1 Å². The third kappa shape index (κ3) is 2.93. The second-order valence-corrected chi connectivity index (χ2v) is 10.3. The van der Waals surface area contributed by atoms with Gasteiger partial charge in [-0.3, -0.25) is 9.69 Å². The van der Waals surface area contributed by atoms with Gasteiger partial charge in [-0.15, -0.1) is 11.8 Å². The molecule has 0 radical (unpaired) electrons. The number of carbonyl (C=O) groups is 2. The second-order valence-electron chi connectivity index (χ2n) is 8.44. The molecule has 2 heterocycles. The number of nitrogens with one attached hydrogen (secondary N) is 1. The van der Waals surface area contributed by atoms with Crippen molar-refractivity contribution in [2.24, 2.45) is 0 Å². The molecule has 6 heteroatoms. The predicted molar refractivity (Wildman–Crippen MR) is 110 cm³/mol. The molecule has 0 bridgehead atoms. The lowest BCUT2D eigenvalue weighted by molar-refractivity contribution is -0.123. The minimum absolute atomic E-state index is 0.0144. The molecule has 1 spiro atoms. The van der Waals surface area contributed by atoms with Crippen LogP contribution in [0.5, 0.6) is 0 Å². The fraction of sp³-hybridized carbons (Fsp3) is 0.619. The van der Waals surface area contributed by atoms with Crippen LogP contribution in [0, 0.1) is 0 Å². The summed E-state index contributed by atoms with van der Waals surface area (Å²) >= 11 is 1.62. The van der Waals surface area contributed by atoms with E-state index in [-0.39, 0.29) is 22.7 Å². The van der Waals surface area contributed by atoms with Gasteiger partial charge in [0.15, 0.2) is 4.87 Å². The molecule has 1 aliphatic carbocycles. The van der Waals surface area contributed by atoms with Gasteiger partial charge >= 0.3 is 6.03 Å². The molecule has 3 aliphatic rings. The highest BCUT2D eigenvalue weighted by Gasteiger charge is 2.63. The van der Waals surface area contributed by atoms with Crippen molar-refractivity contribution in [3.63, 3.8) is 0 Å². The van der Waals surface area contributed by atoms with Gasteiger partial charge in [0.1, 0.15) is 0 Å². The molecule has 1 aromatic carbocycles. The number of rotatable bonds is 2. The lowest BCUT2D eigenvalue weighted by Crippen LogP contribution is -2.55. The van der Waals surface area contributed by atoms with Crippen molar-refractivity contribution in [3.8, 4) is 0 Å². The summed E-state index contributed by atoms with van der Waals surface area (Å²) in [6, 6.07) is 8.07. The first-order valence-electron chi connectivity index (χ1n) is 10.1. The van der Waals surface area contributed by atoms with Crippen LogP contribution in [0.3, 0.4) is 0 Å². The minimum Gasteiger partial charge on any atom is -0.335 e. The van der Waals surface area contributed by atoms with Gasteiger partial charge in [-0.05, 0) is 39.7 Å². The smallest absolute Gasteiger partial charge is 0.319 e. The van der Waals surface area contributed by atoms with Crippen molar-refractivity contribution in [1.29, 1.82) is 0 Å². The van der Waals surface area contributed by atoms with Crippen LogP contribution < -0.4 is 10.2 Å². The molecule has 1 unspecified atom stereocenters. The maximum Gasteiger partial charge on any atom is 0.319 e. The molecule has 1 saturated carbocycles. The van der Waals surface area contributed by atoms with Crippen LogP contribution in [0.25, 0.3) is 0 Å². The average Bonchev–Trinajstić information content (AvgIpc) is 3.08. The van der Waals surface area contributed by atoms with Crippen molar-refractivity contribution < 1.29 is 9.59 Å². The number of hydrogen-bond donors (Lipinski definition) is 1. The summed E-state index contributed by atoms with van der Waals surface area (Å²) in [5.74, 6) is 0.0144. The van der Waals surface area contributed by atoms with E-state index in [2.05, 4.69) is 19.2 Å². The first-order chi connectivity index (χ1) is 12.9. The summed E-state index contributed by atoms with van der Waals surface area (Å²) < 4.78 is -0.184. The number of benzene rings is 1. The first-order valence-corrected chi connectivity index (χ1v) is 10.9. The summed E-state index contributed by atoms with van der Waals surface area (Å²) in [5, 5.41) is 3.24. The number of fused-ring (bicyclic) bond motifs is 2. The Bertz CT molecular complexity index is 760. The highest BCUT2D eigenvalue weighted by atomic mass is 32.2. The predicted octanol–water partition coefficient (Wildman–Crippen LogP) is 4.08. The number of urea groups is 1. The fourth-order valence-electron chi connectivity index (χ4n) is 4.77. The summed E-state index contributed by atoms with van der Waals surface area (Å²) in [5.41, 5.74) is 1.89. The SMILES string of the molecule is CCN1C(=O)C2(SC(C)(C)CN2C(=O)NC2CCCCC2)c2ccccc21. The molecule has 1 atom stereocenters. The second kappa shape index (κ2) is 6.73. The lowest BCUT2D eigenvalue weighted by atomic mass is 9.95.